The summed E-state index contributed by atoms with van der Waals surface area (Å²) in [6, 6.07) is 4.85. The summed E-state index contributed by atoms with van der Waals surface area (Å²) in [4.78, 5) is 0. The average Bonchev–Trinajstić information content (AvgIpc) is 2.50. The van der Waals surface area contributed by atoms with Crippen LogP contribution in [0.15, 0.2) is 18.2 Å². The van der Waals surface area contributed by atoms with Crippen molar-refractivity contribution in [1.82, 2.24) is 0 Å². The fraction of sp³-hybridized carbons (Fsp3) is 0.647. The first kappa shape index (κ1) is 15.1. The lowest BCUT2D eigenvalue weighted by Crippen LogP contribution is -2.62. The molecule has 0 amide bonds. The van der Waals surface area contributed by atoms with E-state index < -0.39 is 0 Å². The topological polar surface area (TPSA) is 21.3 Å². The van der Waals surface area contributed by atoms with Crippen LogP contribution in [0.1, 0.15) is 45.4 Å². The molecular weight excluding hydrogens is 289 g/mol. The third-order valence-electron chi connectivity index (χ3n) is 5.20. The van der Waals surface area contributed by atoms with E-state index in [-0.39, 0.29) is 11.2 Å². The van der Waals surface area contributed by atoms with Crippen molar-refractivity contribution in [2.24, 2.45) is 5.41 Å². The Morgan fingerprint density at radius 1 is 1.33 bits per heavy atom. The summed E-state index contributed by atoms with van der Waals surface area (Å²) in [5.41, 5.74) is 0.922. The summed E-state index contributed by atoms with van der Waals surface area (Å²) in [6.07, 6.45) is 7.56. The summed E-state index contributed by atoms with van der Waals surface area (Å²) < 4.78 is 19.4. The zero-order valence-electron chi connectivity index (χ0n) is 12.5. The van der Waals surface area contributed by atoms with E-state index in [1.165, 1.54) is 44.2 Å². The molecule has 2 unspecified atom stereocenters. The molecule has 2 atom stereocenters. The minimum absolute atomic E-state index is 0.212. The smallest absolute Gasteiger partial charge is 0.125 e. The lowest BCUT2D eigenvalue weighted by molar-refractivity contribution is -0.134. The molecule has 1 N–H and O–H groups in total. The van der Waals surface area contributed by atoms with Gasteiger partial charge >= 0.3 is 0 Å². The number of ether oxygens (including phenoxy) is 1. The van der Waals surface area contributed by atoms with Gasteiger partial charge in [0.05, 0.1) is 16.8 Å². The summed E-state index contributed by atoms with van der Waals surface area (Å²) in [6.45, 7) is 2.82. The van der Waals surface area contributed by atoms with Crippen LogP contribution in [0.3, 0.4) is 0 Å². The molecule has 2 fully saturated rings. The molecule has 116 valence electrons. The molecule has 2 saturated carbocycles. The minimum atomic E-state index is -0.250. The summed E-state index contributed by atoms with van der Waals surface area (Å²) in [5, 5.41) is 4.07. The third-order valence-corrected chi connectivity index (χ3v) is 5.53. The van der Waals surface area contributed by atoms with E-state index in [4.69, 9.17) is 16.3 Å². The van der Waals surface area contributed by atoms with Crippen molar-refractivity contribution in [3.05, 3.63) is 29.0 Å². The molecule has 1 aromatic carbocycles. The van der Waals surface area contributed by atoms with Crippen LogP contribution < -0.4 is 5.32 Å². The Kier molecular flexibility index (Phi) is 4.41. The lowest BCUT2D eigenvalue weighted by atomic mass is 9.55. The van der Waals surface area contributed by atoms with Gasteiger partial charge < -0.3 is 10.1 Å². The van der Waals surface area contributed by atoms with Gasteiger partial charge in [-0.1, -0.05) is 30.9 Å². The first-order valence-electron chi connectivity index (χ1n) is 7.99. The molecule has 2 aliphatic carbocycles. The number of hydrogen-bond acceptors (Lipinski definition) is 2. The average molecular weight is 312 g/mol. The second-order valence-electron chi connectivity index (χ2n) is 6.29. The van der Waals surface area contributed by atoms with Crippen LogP contribution >= 0.6 is 11.6 Å². The zero-order chi connectivity index (χ0) is 14.9. The summed E-state index contributed by atoms with van der Waals surface area (Å²) >= 11 is 6.19. The van der Waals surface area contributed by atoms with E-state index in [2.05, 4.69) is 12.2 Å². The molecule has 2 nitrogen and oxygen atoms in total. The highest BCUT2D eigenvalue weighted by Gasteiger charge is 2.55. The Morgan fingerprint density at radius 2 is 2.10 bits per heavy atom. The minimum Gasteiger partial charge on any atom is -0.380 e. The first-order chi connectivity index (χ1) is 10.2. The third kappa shape index (κ3) is 2.78. The van der Waals surface area contributed by atoms with E-state index in [0.717, 1.165) is 13.0 Å². The molecule has 0 bridgehead atoms. The number of anilines is 1. The maximum atomic E-state index is 13.4. The highest BCUT2D eigenvalue weighted by molar-refractivity contribution is 6.33. The van der Waals surface area contributed by atoms with Crippen molar-refractivity contribution < 1.29 is 9.13 Å². The predicted octanol–water partition coefficient (Wildman–Crippen LogP) is 5.02. The Bertz CT molecular complexity index is 502. The van der Waals surface area contributed by atoms with Crippen molar-refractivity contribution in [1.29, 1.82) is 0 Å². The summed E-state index contributed by atoms with van der Waals surface area (Å²) in [7, 11) is 0. The molecule has 4 heteroatoms. The Morgan fingerprint density at radius 3 is 2.81 bits per heavy atom. The predicted molar refractivity (Wildman–Crippen MR) is 84.4 cm³/mol. The fourth-order valence-electron chi connectivity index (χ4n) is 4.06. The molecule has 0 saturated heterocycles. The molecule has 1 spiro atoms. The Hall–Kier alpha value is -0.800. The molecule has 3 rings (SSSR count). The quantitative estimate of drug-likeness (QED) is 0.843. The molecule has 0 aliphatic heterocycles. The van der Waals surface area contributed by atoms with Gasteiger partial charge in [0.15, 0.2) is 0 Å². The molecule has 1 aromatic rings. The molecule has 0 aromatic heterocycles. The van der Waals surface area contributed by atoms with E-state index >= 15 is 0 Å². The second kappa shape index (κ2) is 6.13. The SMILES string of the molecule is CCOC1CC(Nc2cc(F)ccc2Cl)C12CCCCC2. The van der Waals surface area contributed by atoms with Gasteiger partial charge in [0.1, 0.15) is 5.82 Å². The van der Waals surface area contributed by atoms with Gasteiger partial charge in [0, 0.05) is 18.1 Å². The van der Waals surface area contributed by atoms with E-state index in [1.807, 2.05) is 0 Å². The van der Waals surface area contributed by atoms with Gasteiger partial charge in [-0.05, 0) is 44.4 Å². The number of halogens is 2. The second-order valence-corrected chi connectivity index (χ2v) is 6.70. The van der Waals surface area contributed by atoms with E-state index in [1.54, 1.807) is 6.07 Å². The maximum absolute atomic E-state index is 13.4. The van der Waals surface area contributed by atoms with Crippen LogP contribution in [-0.4, -0.2) is 18.8 Å². The van der Waals surface area contributed by atoms with Gasteiger partial charge in [-0.15, -0.1) is 0 Å². The first-order valence-corrected chi connectivity index (χ1v) is 8.37. The van der Waals surface area contributed by atoms with Crippen LogP contribution in [0.5, 0.6) is 0 Å². The van der Waals surface area contributed by atoms with Crippen LogP contribution in [0.4, 0.5) is 10.1 Å². The largest absolute Gasteiger partial charge is 0.380 e. The number of nitrogens with one attached hydrogen (secondary N) is 1. The van der Waals surface area contributed by atoms with E-state index in [0.29, 0.717) is 22.9 Å². The van der Waals surface area contributed by atoms with E-state index in [9.17, 15) is 4.39 Å². The van der Waals surface area contributed by atoms with Crippen LogP contribution in [0, 0.1) is 11.2 Å². The molecule has 0 heterocycles. The number of benzene rings is 1. The standard InChI is InChI=1S/C17H23ClFNO/c1-2-21-16-11-15(17(16)8-4-3-5-9-17)20-14-10-12(19)6-7-13(14)18/h6-7,10,15-16,20H,2-5,8-9,11H2,1H3. The van der Waals surface area contributed by atoms with Gasteiger partial charge in [0.2, 0.25) is 0 Å². The number of rotatable bonds is 4. The highest BCUT2D eigenvalue weighted by atomic mass is 35.5. The monoisotopic (exact) mass is 311 g/mol. The van der Waals surface area contributed by atoms with Gasteiger partial charge in [0.25, 0.3) is 0 Å². The summed E-state index contributed by atoms with van der Waals surface area (Å²) in [5.74, 6) is -0.250. The van der Waals surface area contributed by atoms with Crippen LogP contribution in [-0.2, 0) is 4.74 Å². The zero-order valence-corrected chi connectivity index (χ0v) is 13.3. The molecule has 0 radical (unpaired) electrons. The fourth-order valence-corrected chi connectivity index (χ4v) is 4.23. The van der Waals surface area contributed by atoms with Gasteiger partial charge in [-0.25, -0.2) is 4.39 Å². The number of hydrogen-bond donors (Lipinski definition) is 1. The van der Waals surface area contributed by atoms with Crippen molar-refractivity contribution in [3.63, 3.8) is 0 Å². The van der Waals surface area contributed by atoms with Crippen molar-refractivity contribution in [2.75, 3.05) is 11.9 Å². The highest BCUT2D eigenvalue weighted by Crippen LogP contribution is 2.54. The van der Waals surface area contributed by atoms with Crippen molar-refractivity contribution >= 4 is 17.3 Å². The molecule has 2 aliphatic rings. The molecule has 21 heavy (non-hydrogen) atoms. The van der Waals surface area contributed by atoms with Gasteiger partial charge in [-0.3, -0.25) is 0 Å². The van der Waals surface area contributed by atoms with Crippen LogP contribution in [0.2, 0.25) is 5.02 Å². The van der Waals surface area contributed by atoms with Crippen LogP contribution in [0.25, 0.3) is 0 Å². The van der Waals surface area contributed by atoms with Crippen molar-refractivity contribution in [3.8, 4) is 0 Å². The maximum Gasteiger partial charge on any atom is 0.125 e. The van der Waals surface area contributed by atoms with Crippen molar-refractivity contribution in [2.45, 2.75) is 57.6 Å². The Balaban J connectivity index is 1.77. The van der Waals surface area contributed by atoms with Gasteiger partial charge in [-0.2, -0.15) is 0 Å². The molecular formula is C17H23ClFNO. The Labute approximate surface area is 131 Å². The normalized spacial score (nSPS) is 27.4. The lowest BCUT2D eigenvalue weighted by Gasteiger charge is -2.58.